The third kappa shape index (κ3) is 9.14. The van der Waals surface area contributed by atoms with Crippen LogP contribution in [0.5, 0.6) is 0 Å². The molecule has 0 radical (unpaired) electrons. The monoisotopic (exact) mass is 479 g/mol. The maximum absolute atomic E-state index is 12.9. The molecule has 3 rings (SSSR count). The molecule has 0 heterocycles. The van der Waals surface area contributed by atoms with Crippen molar-refractivity contribution >= 4 is 11.9 Å². The van der Waals surface area contributed by atoms with Gasteiger partial charge in [-0.2, -0.15) is 5.48 Å². The van der Waals surface area contributed by atoms with Gasteiger partial charge in [-0.3, -0.25) is 9.59 Å². The fourth-order valence-electron chi connectivity index (χ4n) is 4.71. The largest absolute Gasteiger partial charge is 0.460 e. The summed E-state index contributed by atoms with van der Waals surface area (Å²) in [5.74, 6) is -1.25. The standard InChI is InChI=1S/C30H41NO4/c1-22-20-23(18-19-27(22)24-13-7-5-8-14-24)12-11-15-25(21-28(32)34-30(2,3)4)29(33)35-31-26-16-9-6-10-17-26/h5,7-8,13-14,18-20,25-26,31H,6,9-12,15-17,21H2,1-4H3/t25-/m1/s1. The van der Waals surface area contributed by atoms with Crippen LogP contribution in [-0.2, 0) is 25.6 Å². The average Bonchev–Trinajstić information content (AvgIpc) is 2.82. The summed E-state index contributed by atoms with van der Waals surface area (Å²) in [6.45, 7) is 7.64. The first kappa shape index (κ1) is 26.9. The van der Waals surface area contributed by atoms with E-state index < -0.39 is 11.5 Å². The number of benzene rings is 2. The molecule has 1 aliphatic rings. The summed E-state index contributed by atoms with van der Waals surface area (Å²) in [6, 6.07) is 17.1. The van der Waals surface area contributed by atoms with Crippen LogP contribution in [0.2, 0.25) is 0 Å². The van der Waals surface area contributed by atoms with Crippen LogP contribution >= 0.6 is 0 Å². The molecule has 5 heteroatoms. The van der Waals surface area contributed by atoms with Crippen LogP contribution in [-0.4, -0.2) is 23.6 Å². The Kier molecular flexibility index (Phi) is 9.91. The van der Waals surface area contributed by atoms with Gasteiger partial charge in [0.05, 0.1) is 12.3 Å². The highest BCUT2D eigenvalue weighted by molar-refractivity contribution is 5.80. The SMILES string of the molecule is Cc1cc(CCC[C@H](CC(=O)OC(C)(C)C)C(=O)ONC2CCCCC2)ccc1-c1ccccc1. The number of hydrogen-bond donors (Lipinski definition) is 1. The maximum atomic E-state index is 12.9. The number of hydrogen-bond acceptors (Lipinski definition) is 5. The molecule has 0 spiro atoms. The van der Waals surface area contributed by atoms with Gasteiger partial charge in [-0.05, 0) is 82.1 Å². The van der Waals surface area contributed by atoms with Gasteiger partial charge in [-0.1, -0.05) is 67.8 Å². The van der Waals surface area contributed by atoms with E-state index in [1.165, 1.54) is 28.7 Å². The van der Waals surface area contributed by atoms with Crippen molar-refractivity contribution in [3.8, 4) is 11.1 Å². The summed E-state index contributed by atoms with van der Waals surface area (Å²) in [5, 5.41) is 0. The molecule has 2 aromatic rings. The summed E-state index contributed by atoms with van der Waals surface area (Å²) in [4.78, 5) is 30.8. The Morgan fingerprint density at radius 2 is 1.74 bits per heavy atom. The van der Waals surface area contributed by atoms with Crippen molar-refractivity contribution in [2.45, 2.75) is 97.1 Å². The van der Waals surface area contributed by atoms with E-state index in [9.17, 15) is 9.59 Å². The topological polar surface area (TPSA) is 64.6 Å². The Balaban J connectivity index is 1.58. The van der Waals surface area contributed by atoms with Crippen molar-refractivity contribution in [2.75, 3.05) is 0 Å². The van der Waals surface area contributed by atoms with Gasteiger partial charge in [-0.25, -0.2) is 0 Å². The summed E-state index contributed by atoms with van der Waals surface area (Å²) in [6.07, 6.45) is 7.81. The van der Waals surface area contributed by atoms with Gasteiger partial charge in [0, 0.05) is 6.04 Å². The number of nitrogens with one attached hydrogen (secondary N) is 1. The van der Waals surface area contributed by atoms with Crippen LogP contribution in [0.4, 0.5) is 0 Å². The summed E-state index contributed by atoms with van der Waals surface area (Å²) in [5.41, 5.74) is 7.28. The number of carbonyl (C=O) groups excluding carboxylic acids is 2. The van der Waals surface area contributed by atoms with Crippen molar-refractivity contribution in [2.24, 2.45) is 5.92 Å². The van der Waals surface area contributed by atoms with E-state index in [1.807, 2.05) is 26.8 Å². The zero-order valence-electron chi connectivity index (χ0n) is 21.8. The second kappa shape index (κ2) is 12.9. The summed E-state index contributed by atoms with van der Waals surface area (Å²) >= 11 is 0. The molecule has 1 N–H and O–H groups in total. The molecule has 1 aliphatic carbocycles. The fourth-order valence-corrected chi connectivity index (χ4v) is 4.71. The molecule has 0 amide bonds. The molecule has 35 heavy (non-hydrogen) atoms. The van der Waals surface area contributed by atoms with Crippen molar-refractivity contribution in [3.05, 3.63) is 59.7 Å². The Hall–Kier alpha value is -2.66. The first-order valence-electron chi connectivity index (χ1n) is 13.0. The van der Waals surface area contributed by atoms with Gasteiger partial charge in [-0.15, -0.1) is 0 Å². The van der Waals surface area contributed by atoms with E-state index in [1.54, 1.807) is 0 Å². The molecule has 0 saturated heterocycles. The molecule has 0 aromatic heterocycles. The third-order valence-electron chi connectivity index (χ3n) is 6.49. The van der Waals surface area contributed by atoms with E-state index in [-0.39, 0.29) is 24.4 Å². The maximum Gasteiger partial charge on any atom is 0.328 e. The van der Waals surface area contributed by atoms with Crippen LogP contribution in [0.25, 0.3) is 11.1 Å². The van der Waals surface area contributed by atoms with Crippen molar-refractivity contribution in [1.82, 2.24) is 5.48 Å². The summed E-state index contributed by atoms with van der Waals surface area (Å²) in [7, 11) is 0. The lowest BCUT2D eigenvalue weighted by molar-refractivity contribution is -0.166. The zero-order chi connectivity index (χ0) is 25.3. The molecule has 5 nitrogen and oxygen atoms in total. The molecule has 0 unspecified atom stereocenters. The highest BCUT2D eigenvalue weighted by atomic mass is 16.7. The average molecular weight is 480 g/mol. The predicted octanol–water partition coefficient (Wildman–Crippen LogP) is 6.71. The molecular weight excluding hydrogens is 438 g/mol. The minimum absolute atomic E-state index is 0.0361. The molecular formula is C30H41NO4. The Morgan fingerprint density at radius 3 is 2.40 bits per heavy atom. The van der Waals surface area contributed by atoms with Crippen molar-refractivity contribution in [3.63, 3.8) is 0 Å². The quantitative estimate of drug-likeness (QED) is 0.303. The number of hydroxylamine groups is 1. The van der Waals surface area contributed by atoms with Crippen LogP contribution in [0.3, 0.4) is 0 Å². The van der Waals surface area contributed by atoms with Gasteiger partial charge in [0.2, 0.25) is 0 Å². The van der Waals surface area contributed by atoms with E-state index in [2.05, 4.69) is 54.9 Å². The van der Waals surface area contributed by atoms with Crippen molar-refractivity contribution in [1.29, 1.82) is 0 Å². The normalized spacial score (nSPS) is 15.4. The third-order valence-corrected chi connectivity index (χ3v) is 6.49. The highest BCUT2D eigenvalue weighted by Gasteiger charge is 2.27. The van der Waals surface area contributed by atoms with Crippen LogP contribution in [0, 0.1) is 12.8 Å². The minimum atomic E-state index is -0.579. The van der Waals surface area contributed by atoms with E-state index in [0.717, 1.165) is 38.5 Å². The van der Waals surface area contributed by atoms with Gasteiger partial charge in [0.15, 0.2) is 0 Å². The fraction of sp³-hybridized carbons (Fsp3) is 0.533. The van der Waals surface area contributed by atoms with E-state index in [4.69, 9.17) is 9.57 Å². The molecule has 2 aromatic carbocycles. The van der Waals surface area contributed by atoms with Gasteiger partial charge in [0.25, 0.3) is 0 Å². The number of ether oxygens (including phenoxy) is 1. The molecule has 1 atom stereocenters. The first-order chi connectivity index (χ1) is 16.7. The smallest absolute Gasteiger partial charge is 0.328 e. The van der Waals surface area contributed by atoms with Crippen LogP contribution in [0.1, 0.15) is 83.3 Å². The second-order valence-corrected chi connectivity index (χ2v) is 10.8. The zero-order valence-corrected chi connectivity index (χ0v) is 21.8. The van der Waals surface area contributed by atoms with Crippen LogP contribution in [0.15, 0.2) is 48.5 Å². The van der Waals surface area contributed by atoms with Gasteiger partial charge >= 0.3 is 11.9 Å². The number of carbonyl (C=O) groups is 2. The number of aryl methyl sites for hydroxylation is 2. The highest BCUT2D eigenvalue weighted by Crippen LogP contribution is 2.26. The second-order valence-electron chi connectivity index (χ2n) is 10.8. The molecule has 1 saturated carbocycles. The summed E-state index contributed by atoms with van der Waals surface area (Å²) < 4.78 is 5.48. The Morgan fingerprint density at radius 1 is 1.03 bits per heavy atom. The molecule has 0 bridgehead atoms. The lowest BCUT2D eigenvalue weighted by atomic mass is 9.94. The lowest BCUT2D eigenvalue weighted by Gasteiger charge is -2.24. The first-order valence-corrected chi connectivity index (χ1v) is 13.0. The van der Waals surface area contributed by atoms with Gasteiger partial charge < -0.3 is 9.57 Å². The minimum Gasteiger partial charge on any atom is -0.460 e. The Bertz CT molecular complexity index is 958. The molecule has 190 valence electrons. The molecule has 1 fully saturated rings. The molecule has 0 aliphatic heterocycles. The number of esters is 1. The lowest BCUT2D eigenvalue weighted by Crippen LogP contribution is -2.36. The van der Waals surface area contributed by atoms with E-state index in [0.29, 0.717) is 6.42 Å². The predicted molar refractivity (Wildman–Crippen MR) is 140 cm³/mol. The van der Waals surface area contributed by atoms with Gasteiger partial charge in [0.1, 0.15) is 5.60 Å². The number of rotatable bonds is 10. The van der Waals surface area contributed by atoms with Crippen molar-refractivity contribution < 1.29 is 19.2 Å². The Labute approximate surface area is 210 Å². The van der Waals surface area contributed by atoms with E-state index >= 15 is 0 Å². The van der Waals surface area contributed by atoms with Crippen LogP contribution < -0.4 is 5.48 Å².